The molecule has 2 aromatic carbocycles. The van der Waals surface area contributed by atoms with Crippen LogP contribution in [-0.4, -0.2) is 13.4 Å². The molecule has 0 spiro atoms. The maximum Gasteiger partial charge on any atom is 0.237 e. The summed E-state index contributed by atoms with van der Waals surface area (Å²) >= 11 is 1.56. The van der Waals surface area contributed by atoms with Crippen LogP contribution >= 0.6 is 11.3 Å². The molecule has 3 aromatic rings. The van der Waals surface area contributed by atoms with E-state index >= 15 is 0 Å². The maximum absolute atomic E-state index is 13.6. The zero-order valence-corrected chi connectivity index (χ0v) is 14.5. The maximum atomic E-state index is 13.6. The van der Waals surface area contributed by atoms with Crippen LogP contribution in [0, 0.1) is 12.7 Å². The Morgan fingerprint density at radius 3 is 2.46 bits per heavy atom. The van der Waals surface area contributed by atoms with Gasteiger partial charge < -0.3 is 0 Å². The lowest BCUT2D eigenvalue weighted by atomic mass is 10.1. The summed E-state index contributed by atoms with van der Waals surface area (Å²) in [6.45, 7) is 1.93. The minimum atomic E-state index is -3.69. The third-order valence-electron chi connectivity index (χ3n) is 3.38. The minimum absolute atomic E-state index is 0.138. The van der Waals surface area contributed by atoms with Gasteiger partial charge in [-0.25, -0.2) is 17.8 Å². The number of halogens is 1. The molecule has 0 saturated carbocycles. The van der Waals surface area contributed by atoms with Gasteiger partial charge in [0.15, 0.2) is 0 Å². The van der Waals surface area contributed by atoms with Gasteiger partial charge in [0.05, 0.1) is 16.5 Å². The third-order valence-corrected chi connectivity index (χ3v) is 5.39. The summed E-state index contributed by atoms with van der Waals surface area (Å²) in [5.74, 6) is -0.940. The van der Waals surface area contributed by atoms with Crippen molar-refractivity contribution in [1.82, 2.24) is 4.98 Å². The Kier molecular flexibility index (Phi) is 4.64. The molecule has 1 aromatic heterocycles. The number of rotatable bonds is 5. The van der Waals surface area contributed by atoms with Crippen LogP contribution < -0.4 is 4.72 Å². The molecule has 0 aliphatic rings. The summed E-state index contributed by atoms with van der Waals surface area (Å²) in [6.07, 6.45) is 0. The van der Waals surface area contributed by atoms with Gasteiger partial charge in [0.2, 0.25) is 10.0 Å². The Hall–Kier alpha value is -2.25. The molecule has 0 amide bonds. The molecule has 0 atom stereocenters. The largest absolute Gasteiger partial charge is 0.283 e. The van der Waals surface area contributed by atoms with Crippen molar-refractivity contribution >= 4 is 27.0 Å². The van der Waals surface area contributed by atoms with E-state index in [9.17, 15) is 12.8 Å². The summed E-state index contributed by atoms with van der Waals surface area (Å²) in [6, 6.07) is 12.8. The normalized spacial score (nSPS) is 11.4. The van der Waals surface area contributed by atoms with Gasteiger partial charge in [-0.2, -0.15) is 0 Å². The Morgan fingerprint density at radius 1 is 1.12 bits per heavy atom. The first-order valence-corrected chi connectivity index (χ1v) is 9.73. The van der Waals surface area contributed by atoms with Gasteiger partial charge in [0.25, 0.3) is 0 Å². The number of nitrogens with one attached hydrogen (secondary N) is 1. The lowest BCUT2D eigenvalue weighted by molar-refractivity contribution is 0.591. The average Bonchev–Trinajstić information content (AvgIpc) is 2.96. The highest BCUT2D eigenvalue weighted by Crippen LogP contribution is 2.24. The molecule has 3 rings (SSSR count). The summed E-state index contributed by atoms with van der Waals surface area (Å²) in [5, 5.41) is 2.92. The van der Waals surface area contributed by atoms with E-state index in [4.69, 9.17) is 0 Å². The Balaban J connectivity index is 1.74. The van der Waals surface area contributed by atoms with E-state index in [0.29, 0.717) is 5.69 Å². The van der Waals surface area contributed by atoms with E-state index in [0.717, 1.165) is 16.3 Å². The molecular weight excluding hydrogens is 347 g/mol. The smallest absolute Gasteiger partial charge is 0.237 e. The molecule has 0 saturated heterocycles. The predicted molar refractivity (Wildman–Crippen MR) is 94.9 cm³/mol. The fourth-order valence-electron chi connectivity index (χ4n) is 2.24. The number of aromatic nitrogens is 1. The van der Waals surface area contributed by atoms with Crippen molar-refractivity contribution in [2.45, 2.75) is 12.7 Å². The molecule has 1 N–H and O–H groups in total. The van der Waals surface area contributed by atoms with E-state index in [2.05, 4.69) is 9.71 Å². The number of sulfonamides is 1. The molecule has 0 unspecified atom stereocenters. The van der Waals surface area contributed by atoms with Crippen LogP contribution in [-0.2, 0) is 15.8 Å². The molecule has 1 heterocycles. The fraction of sp³-hybridized carbons (Fsp3) is 0.118. The SMILES string of the molecule is Cc1nc(-c2ccc(NS(=O)(=O)Cc3ccccc3F)cc2)cs1. The van der Waals surface area contributed by atoms with Crippen LogP contribution in [0.2, 0.25) is 0 Å². The van der Waals surface area contributed by atoms with Crippen molar-refractivity contribution in [3.63, 3.8) is 0 Å². The van der Waals surface area contributed by atoms with Crippen LogP contribution in [0.1, 0.15) is 10.6 Å². The zero-order valence-electron chi connectivity index (χ0n) is 12.9. The molecule has 0 radical (unpaired) electrons. The van der Waals surface area contributed by atoms with Crippen LogP contribution in [0.5, 0.6) is 0 Å². The second-order valence-corrected chi connectivity index (χ2v) is 8.07. The third kappa shape index (κ3) is 3.98. The highest BCUT2D eigenvalue weighted by atomic mass is 32.2. The molecule has 0 aliphatic heterocycles. The monoisotopic (exact) mass is 362 g/mol. The fourth-order valence-corrected chi connectivity index (χ4v) is 4.07. The molecule has 124 valence electrons. The van der Waals surface area contributed by atoms with E-state index in [1.165, 1.54) is 18.2 Å². The Labute approximate surface area is 144 Å². The average molecular weight is 362 g/mol. The zero-order chi connectivity index (χ0) is 17.2. The van der Waals surface area contributed by atoms with E-state index in [1.54, 1.807) is 41.7 Å². The van der Waals surface area contributed by atoms with Crippen molar-refractivity contribution in [2.24, 2.45) is 0 Å². The molecular formula is C17H15FN2O2S2. The molecule has 7 heteroatoms. The predicted octanol–water partition coefficient (Wildman–Crippen LogP) is 4.20. The number of thiazole rings is 1. The standard InChI is InChI=1S/C17H15FN2O2S2/c1-12-19-17(10-23-12)13-6-8-15(9-7-13)20-24(21,22)11-14-4-2-3-5-16(14)18/h2-10,20H,11H2,1H3. The van der Waals surface area contributed by atoms with Crippen molar-refractivity contribution in [1.29, 1.82) is 0 Å². The van der Waals surface area contributed by atoms with Crippen LogP contribution in [0.3, 0.4) is 0 Å². The molecule has 0 fully saturated rings. The van der Waals surface area contributed by atoms with Crippen molar-refractivity contribution in [2.75, 3.05) is 4.72 Å². The van der Waals surface area contributed by atoms with Crippen LogP contribution in [0.4, 0.5) is 10.1 Å². The second-order valence-electron chi connectivity index (χ2n) is 5.28. The number of benzene rings is 2. The van der Waals surface area contributed by atoms with Gasteiger partial charge in [0, 0.05) is 22.2 Å². The van der Waals surface area contributed by atoms with Gasteiger partial charge in [0.1, 0.15) is 5.82 Å². The quantitative estimate of drug-likeness (QED) is 0.740. The number of aryl methyl sites for hydroxylation is 1. The molecule has 0 aliphatic carbocycles. The van der Waals surface area contributed by atoms with Gasteiger partial charge in [-0.15, -0.1) is 11.3 Å². The van der Waals surface area contributed by atoms with Crippen molar-refractivity contribution < 1.29 is 12.8 Å². The van der Waals surface area contributed by atoms with Crippen LogP contribution in [0.15, 0.2) is 53.9 Å². The number of anilines is 1. The van der Waals surface area contributed by atoms with E-state index in [-0.39, 0.29) is 5.56 Å². The number of nitrogens with zero attached hydrogens (tertiary/aromatic N) is 1. The first kappa shape index (κ1) is 16.6. The van der Waals surface area contributed by atoms with E-state index in [1.807, 2.05) is 12.3 Å². The Bertz CT molecular complexity index is 951. The van der Waals surface area contributed by atoms with Gasteiger partial charge in [-0.05, 0) is 25.1 Å². The first-order valence-electron chi connectivity index (χ1n) is 7.19. The molecule has 0 bridgehead atoms. The topological polar surface area (TPSA) is 59.1 Å². The summed E-state index contributed by atoms with van der Waals surface area (Å²) in [4.78, 5) is 4.39. The van der Waals surface area contributed by atoms with Gasteiger partial charge in [-0.3, -0.25) is 4.72 Å². The molecule has 24 heavy (non-hydrogen) atoms. The summed E-state index contributed by atoms with van der Waals surface area (Å²) in [7, 11) is -3.69. The first-order chi connectivity index (χ1) is 11.4. The van der Waals surface area contributed by atoms with Gasteiger partial charge >= 0.3 is 0 Å². The number of hydrogen-bond acceptors (Lipinski definition) is 4. The molecule has 4 nitrogen and oxygen atoms in total. The highest BCUT2D eigenvalue weighted by Gasteiger charge is 2.14. The van der Waals surface area contributed by atoms with E-state index < -0.39 is 21.6 Å². The second kappa shape index (κ2) is 6.70. The lowest BCUT2D eigenvalue weighted by Crippen LogP contribution is -2.15. The summed E-state index contributed by atoms with van der Waals surface area (Å²) in [5.41, 5.74) is 2.34. The number of hydrogen-bond donors (Lipinski definition) is 1. The minimum Gasteiger partial charge on any atom is -0.283 e. The van der Waals surface area contributed by atoms with Crippen LogP contribution in [0.25, 0.3) is 11.3 Å². The van der Waals surface area contributed by atoms with Gasteiger partial charge in [-0.1, -0.05) is 30.3 Å². The lowest BCUT2D eigenvalue weighted by Gasteiger charge is -2.09. The Morgan fingerprint density at radius 2 is 1.83 bits per heavy atom. The van der Waals surface area contributed by atoms with Crippen molar-refractivity contribution in [3.05, 3.63) is 70.3 Å². The summed E-state index contributed by atoms with van der Waals surface area (Å²) < 4.78 is 40.5. The van der Waals surface area contributed by atoms with Crippen molar-refractivity contribution in [3.8, 4) is 11.3 Å². The highest BCUT2D eigenvalue weighted by molar-refractivity contribution is 7.91.